The second-order valence-corrected chi connectivity index (χ2v) is 10.2. The van der Waals surface area contributed by atoms with E-state index in [2.05, 4.69) is 60.8 Å². The smallest absolute Gasteiger partial charge is 0.168 e. The number of amidine groups is 1. The van der Waals surface area contributed by atoms with E-state index in [1.165, 1.54) is 23.3 Å². The number of rotatable bonds is 10. The normalized spacial score (nSPS) is 12.2. The number of halogens is 2. The highest BCUT2D eigenvalue weighted by Gasteiger charge is 2.18. The third-order valence-electron chi connectivity index (χ3n) is 6.03. The molecule has 4 nitrogen and oxygen atoms in total. The molecule has 218 valence electrons. The first-order chi connectivity index (χ1) is 19.9. The molecular formula is C34H42ClFN4S. The van der Waals surface area contributed by atoms with Crippen LogP contribution in [0.2, 0.25) is 5.02 Å². The number of nitrogens with two attached hydrogens (primary N) is 1. The number of nitrogens with one attached hydrogen (secondary N) is 1. The fourth-order valence-electron chi connectivity index (χ4n) is 3.81. The molecule has 0 spiro atoms. The predicted octanol–water partition coefficient (Wildman–Crippen LogP) is 8.81. The first-order valence-electron chi connectivity index (χ1n) is 13.9. The molecule has 3 N–H and O–H groups in total. The zero-order chi connectivity index (χ0) is 30.0. The molecule has 0 bridgehead atoms. The average Bonchev–Trinajstić information content (AvgIpc) is 3.01. The number of thioether (sulfide) groups is 1. The molecule has 0 unspecified atom stereocenters. The van der Waals surface area contributed by atoms with E-state index in [1.54, 1.807) is 18.0 Å². The van der Waals surface area contributed by atoms with Gasteiger partial charge in [0.05, 0.1) is 5.70 Å². The van der Waals surface area contributed by atoms with Crippen LogP contribution in [0.5, 0.6) is 0 Å². The molecule has 41 heavy (non-hydrogen) atoms. The summed E-state index contributed by atoms with van der Waals surface area (Å²) in [5, 5.41) is 4.51. The molecule has 0 saturated heterocycles. The maximum atomic E-state index is 13.2. The van der Waals surface area contributed by atoms with Crippen molar-refractivity contribution in [1.82, 2.24) is 10.2 Å². The van der Waals surface area contributed by atoms with E-state index in [9.17, 15) is 4.39 Å². The topological polar surface area (TPSA) is 53.6 Å². The van der Waals surface area contributed by atoms with Crippen LogP contribution in [0.15, 0.2) is 115 Å². The summed E-state index contributed by atoms with van der Waals surface area (Å²) in [4.78, 5) is 7.00. The summed E-state index contributed by atoms with van der Waals surface area (Å²) in [5.41, 5.74) is 11.7. The van der Waals surface area contributed by atoms with Crippen molar-refractivity contribution in [3.63, 3.8) is 0 Å². The summed E-state index contributed by atoms with van der Waals surface area (Å²) < 4.78 is 13.2. The van der Waals surface area contributed by atoms with E-state index >= 15 is 0 Å². The van der Waals surface area contributed by atoms with Crippen LogP contribution in [0.3, 0.4) is 0 Å². The van der Waals surface area contributed by atoms with Crippen molar-refractivity contribution in [2.75, 3.05) is 19.6 Å². The summed E-state index contributed by atoms with van der Waals surface area (Å²) in [7, 11) is 0. The van der Waals surface area contributed by atoms with Crippen molar-refractivity contribution in [2.24, 2.45) is 10.7 Å². The van der Waals surface area contributed by atoms with Gasteiger partial charge in [-0.1, -0.05) is 106 Å². The SMILES string of the molecule is C=C1N=C(SCc2ccc(F)cc2)N(CCc2ccc(-c3ccc(Cl)cc3)cc2)C=C1CC.C=CNCCN.CC. The number of allylic oxidation sites excluding steroid dienone is 1. The molecule has 0 aromatic heterocycles. The fourth-order valence-corrected chi connectivity index (χ4v) is 4.91. The Hall–Kier alpha value is -3.32. The van der Waals surface area contributed by atoms with Gasteiger partial charge < -0.3 is 16.0 Å². The van der Waals surface area contributed by atoms with Crippen LogP contribution in [0.1, 0.15) is 38.3 Å². The quantitative estimate of drug-likeness (QED) is 0.231. The number of benzene rings is 3. The Balaban J connectivity index is 0.000000654. The second-order valence-electron chi connectivity index (χ2n) is 8.86. The molecule has 1 heterocycles. The van der Waals surface area contributed by atoms with Gasteiger partial charge in [0.25, 0.3) is 0 Å². The summed E-state index contributed by atoms with van der Waals surface area (Å²) >= 11 is 7.66. The standard InChI is InChI=1S/C28H26ClFN2S.C4H10N2.C2H6/c1-3-23-18-32(28(31-20(23)2)33-19-22-6-14-27(30)15-7-22)17-16-21-4-8-24(9-5-21)25-10-12-26(29)13-11-25;1-2-6-4-3-5;1-2/h4-15,18H,2-3,16-17,19H2,1H3;2,6H,1,3-5H2;1-2H3. The van der Waals surface area contributed by atoms with Gasteiger partial charge in [-0.15, -0.1) is 0 Å². The number of hydrogen-bond acceptors (Lipinski definition) is 5. The molecule has 0 atom stereocenters. The third-order valence-corrected chi connectivity index (χ3v) is 7.34. The maximum Gasteiger partial charge on any atom is 0.168 e. The molecule has 0 fully saturated rings. The van der Waals surface area contributed by atoms with Crippen LogP contribution < -0.4 is 11.1 Å². The van der Waals surface area contributed by atoms with Gasteiger partial charge in [0, 0.05) is 36.6 Å². The largest absolute Gasteiger partial charge is 0.390 e. The lowest BCUT2D eigenvalue weighted by Gasteiger charge is -2.27. The fraction of sp³-hybridized carbons (Fsp3) is 0.265. The Labute approximate surface area is 254 Å². The molecule has 0 aliphatic carbocycles. The van der Waals surface area contributed by atoms with Crippen molar-refractivity contribution in [1.29, 1.82) is 0 Å². The van der Waals surface area contributed by atoms with Crippen LogP contribution in [0.4, 0.5) is 4.39 Å². The number of aliphatic imine (C=N–C) groups is 1. The zero-order valence-corrected chi connectivity index (χ0v) is 25.9. The first kappa shape index (κ1) is 33.9. The molecule has 1 aliphatic rings. The second kappa shape index (κ2) is 18.9. The van der Waals surface area contributed by atoms with Crippen molar-refractivity contribution in [3.8, 4) is 11.1 Å². The number of hydrogen-bond donors (Lipinski definition) is 2. The van der Waals surface area contributed by atoms with Gasteiger partial charge in [0.2, 0.25) is 0 Å². The highest BCUT2D eigenvalue weighted by Crippen LogP contribution is 2.27. The van der Waals surface area contributed by atoms with E-state index in [1.807, 2.05) is 50.2 Å². The summed E-state index contributed by atoms with van der Waals surface area (Å²) in [6.07, 6.45) is 5.60. The monoisotopic (exact) mass is 592 g/mol. The Morgan fingerprint density at radius 1 is 0.976 bits per heavy atom. The predicted molar refractivity (Wildman–Crippen MR) is 179 cm³/mol. The number of nitrogens with zero attached hydrogens (tertiary/aromatic N) is 2. The minimum absolute atomic E-state index is 0.216. The summed E-state index contributed by atoms with van der Waals surface area (Å²) in [5.74, 6) is 0.514. The van der Waals surface area contributed by atoms with E-state index in [0.29, 0.717) is 6.54 Å². The molecule has 3 aromatic rings. The van der Waals surface area contributed by atoms with Crippen LogP contribution in [0.25, 0.3) is 11.1 Å². The lowest BCUT2D eigenvalue weighted by atomic mass is 10.0. The van der Waals surface area contributed by atoms with Gasteiger partial charge in [-0.25, -0.2) is 9.38 Å². The highest BCUT2D eigenvalue weighted by molar-refractivity contribution is 8.13. The van der Waals surface area contributed by atoms with Gasteiger partial charge in [-0.3, -0.25) is 0 Å². The van der Waals surface area contributed by atoms with E-state index in [4.69, 9.17) is 22.3 Å². The molecule has 0 saturated carbocycles. The molecule has 0 amide bonds. The van der Waals surface area contributed by atoms with E-state index in [-0.39, 0.29) is 5.82 Å². The molecule has 0 radical (unpaired) electrons. The molecule has 3 aromatic carbocycles. The van der Waals surface area contributed by atoms with Gasteiger partial charge in [0.1, 0.15) is 5.82 Å². The van der Waals surface area contributed by atoms with Crippen molar-refractivity contribution in [3.05, 3.63) is 132 Å². The Morgan fingerprint density at radius 2 is 1.56 bits per heavy atom. The molecule has 7 heteroatoms. The molecule has 1 aliphatic heterocycles. The van der Waals surface area contributed by atoms with Crippen molar-refractivity contribution >= 4 is 28.5 Å². The van der Waals surface area contributed by atoms with Gasteiger partial charge >= 0.3 is 0 Å². The van der Waals surface area contributed by atoms with Gasteiger partial charge in [-0.05, 0) is 71.1 Å². The molecule has 4 rings (SSSR count). The van der Waals surface area contributed by atoms with Crippen molar-refractivity contribution < 1.29 is 4.39 Å². The summed E-state index contributed by atoms with van der Waals surface area (Å²) in [6.45, 7) is 16.0. The van der Waals surface area contributed by atoms with Crippen LogP contribution in [-0.4, -0.2) is 29.7 Å². The van der Waals surface area contributed by atoms with E-state index < -0.39 is 0 Å². The van der Waals surface area contributed by atoms with Crippen LogP contribution in [0, 0.1) is 5.82 Å². The minimum Gasteiger partial charge on any atom is -0.390 e. The Kier molecular flexibility index (Phi) is 15.6. The van der Waals surface area contributed by atoms with E-state index in [0.717, 1.165) is 64.3 Å². The maximum absolute atomic E-state index is 13.2. The lowest BCUT2D eigenvalue weighted by Crippen LogP contribution is -2.29. The van der Waals surface area contributed by atoms with Crippen LogP contribution >= 0.6 is 23.4 Å². The third kappa shape index (κ3) is 11.6. The minimum atomic E-state index is -0.216. The Bertz CT molecular complexity index is 1270. The zero-order valence-electron chi connectivity index (χ0n) is 24.4. The van der Waals surface area contributed by atoms with Gasteiger partial charge in [-0.2, -0.15) is 0 Å². The van der Waals surface area contributed by atoms with Gasteiger partial charge in [0.15, 0.2) is 5.17 Å². The van der Waals surface area contributed by atoms with Crippen molar-refractivity contribution in [2.45, 2.75) is 39.4 Å². The van der Waals surface area contributed by atoms with Crippen LogP contribution in [-0.2, 0) is 12.2 Å². The highest BCUT2D eigenvalue weighted by atomic mass is 35.5. The average molecular weight is 593 g/mol. The Morgan fingerprint density at radius 3 is 2.10 bits per heavy atom. The molecular weight excluding hydrogens is 551 g/mol. The lowest BCUT2D eigenvalue weighted by molar-refractivity contribution is 0.554. The summed E-state index contributed by atoms with van der Waals surface area (Å²) in [6, 6.07) is 23.2. The first-order valence-corrected chi connectivity index (χ1v) is 15.3.